The lowest BCUT2D eigenvalue weighted by Gasteiger charge is -2.17. The van der Waals surface area contributed by atoms with Crippen molar-refractivity contribution in [3.8, 4) is 0 Å². The molecule has 0 aliphatic carbocycles. The average molecular weight is 264 g/mol. The Bertz CT molecular complexity index is 438. The third-order valence-corrected chi connectivity index (χ3v) is 2.68. The lowest BCUT2D eigenvalue weighted by atomic mass is 9.96. The van der Waals surface area contributed by atoms with E-state index in [4.69, 9.17) is 5.73 Å². The summed E-state index contributed by atoms with van der Waals surface area (Å²) in [5, 5.41) is 6.08. The van der Waals surface area contributed by atoms with E-state index in [0.717, 1.165) is 18.7 Å². The number of anilines is 2. The van der Waals surface area contributed by atoms with Crippen molar-refractivity contribution in [1.82, 2.24) is 10.3 Å². The van der Waals surface area contributed by atoms with Crippen molar-refractivity contribution in [3.05, 3.63) is 17.8 Å². The highest BCUT2D eigenvalue weighted by molar-refractivity contribution is 5.81. The molecule has 5 nitrogen and oxygen atoms in total. The number of hydrogen-bond acceptors (Lipinski definition) is 4. The summed E-state index contributed by atoms with van der Waals surface area (Å²) in [6.45, 7) is 9.00. The van der Waals surface area contributed by atoms with Gasteiger partial charge in [0.25, 0.3) is 0 Å². The maximum Gasteiger partial charge on any atom is 0.225 e. The second-order valence-electron chi connectivity index (χ2n) is 5.68. The monoisotopic (exact) mass is 264 g/mol. The molecule has 0 aliphatic rings. The lowest BCUT2D eigenvalue weighted by molar-refractivity contribution is -0.128. The maximum atomic E-state index is 11.6. The fraction of sp³-hybridized carbons (Fsp3) is 0.571. The van der Waals surface area contributed by atoms with E-state index in [2.05, 4.69) is 15.6 Å². The van der Waals surface area contributed by atoms with E-state index < -0.39 is 0 Å². The number of hydrogen-bond donors (Lipinski definition) is 3. The van der Waals surface area contributed by atoms with E-state index in [1.165, 1.54) is 0 Å². The van der Waals surface area contributed by atoms with Gasteiger partial charge in [-0.15, -0.1) is 0 Å². The van der Waals surface area contributed by atoms with Crippen molar-refractivity contribution in [3.63, 3.8) is 0 Å². The quantitative estimate of drug-likeness (QED) is 0.710. The maximum absolute atomic E-state index is 11.6. The zero-order valence-electron chi connectivity index (χ0n) is 12.2. The summed E-state index contributed by atoms with van der Waals surface area (Å²) in [6.07, 6.45) is 0.830. The lowest BCUT2D eigenvalue weighted by Crippen LogP contribution is -2.35. The van der Waals surface area contributed by atoms with Crippen LogP contribution in [0.4, 0.5) is 11.5 Å². The zero-order chi connectivity index (χ0) is 14.5. The highest BCUT2D eigenvalue weighted by Gasteiger charge is 2.20. The van der Waals surface area contributed by atoms with Crippen molar-refractivity contribution in [1.29, 1.82) is 0 Å². The summed E-state index contributed by atoms with van der Waals surface area (Å²) in [4.78, 5) is 16.0. The van der Waals surface area contributed by atoms with Crippen LogP contribution in [0.2, 0.25) is 0 Å². The number of carbonyl (C=O) groups excluding carboxylic acids is 1. The molecule has 106 valence electrons. The van der Waals surface area contributed by atoms with Crippen LogP contribution in [0.1, 0.15) is 32.9 Å². The van der Waals surface area contributed by atoms with Crippen LogP contribution >= 0.6 is 0 Å². The van der Waals surface area contributed by atoms with Crippen LogP contribution in [0, 0.1) is 12.3 Å². The molecule has 1 rings (SSSR count). The number of nitrogens with two attached hydrogens (primary N) is 1. The van der Waals surface area contributed by atoms with Crippen molar-refractivity contribution in [2.75, 3.05) is 24.1 Å². The molecule has 0 fully saturated rings. The van der Waals surface area contributed by atoms with Gasteiger partial charge in [0.1, 0.15) is 5.82 Å². The molecule has 4 N–H and O–H groups in total. The summed E-state index contributed by atoms with van der Waals surface area (Å²) in [7, 11) is 0. The summed E-state index contributed by atoms with van der Waals surface area (Å²) < 4.78 is 0. The van der Waals surface area contributed by atoms with Gasteiger partial charge >= 0.3 is 0 Å². The largest absolute Gasteiger partial charge is 0.396 e. The number of aromatic nitrogens is 1. The zero-order valence-corrected chi connectivity index (χ0v) is 12.2. The SMILES string of the molecule is Cc1ccc(N)c(NCCCNC(=O)C(C)(C)C)n1. The van der Waals surface area contributed by atoms with Gasteiger partial charge in [0, 0.05) is 24.2 Å². The Labute approximate surface area is 115 Å². The summed E-state index contributed by atoms with van der Waals surface area (Å²) >= 11 is 0. The minimum Gasteiger partial charge on any atom is -0.396 e. The van der Waals surface area contributed by atoms with Crippen LogP contribution in [-0.2, 0) is 4.79 Å². The normalized spacial score (nSPS) is 11.2. The van der Waals surface area contributed by atoms with Crippen LogP contribution in [0.5, 0.6) is 0 Å². The molecule has 0 spiro atoms. The van der Waals surface area contributed by atoms with Gasteiger partial charge in [-0.05, 0) is 25.5 Å². The molecule has 1 aromatic rings. The molecule has 0 saturated carbocycles. The first-order valence-electron chi connectivity index (χ1n) is 6.56. The third kappa shape index (κ3) is 5.16. The number of aryl methyl sites for hydroxylation is 1. The number of nitrogen functional groups attached to an aromatic ring is 1. The molecular formula is C14H24N4O. The standard InChI is InChI=1S/C14H24N4O/c1-10-6-7-11(15)12(18-10)16-8-5-9-17-13(19)14(2,3)4/h6-7H,5,8-9,15H2,1-4H3,(H,16,18)(H,17,19). The Hall–Kier alpha value is -1.78. The Balaban J connectivity index is 2.28. The van der Waals surface area contributed by atoms with E-state index in [1.54, 1.807) is 0 Å². The van der Waals surface area contributed by atoms with Gasteiger partial charge in [-0.2, -0.15) is 0 Å². The van der Waals surface area contributed by atoms with Crippen LogP contribution in [-0.4, -0.2) is 24.0 Å². The second kappa shape index (κ2) is 6.41. The molecule has 0 radical (unpaired) electrons. The molecule has 5 heteroatoms. The number of nitrogens with zero attached hydrogens (tertiary/aromatic N) is 1. The average Bonchev–Trinajstić information content (AvgIpc) is 2.31. The van der Waals surface area contributed by atoms with Gasteiger partial charge < -0.3 is 16.4 Å². The summed E-state index contributed by atoms with van der Waals surface area (Å²) in [5.74, 6) is 0.780. The number of pyridine rings is 1. The van der Waals surface area contributed by atoms with E-state index in [1.807, 2.05) is 39.8 Å². The Morgan fingerprint density at radius 3 is 2.63 bits per heavy atom. The molecular weight excluding hydrogens is 240 g/mol. The first-order valence-corrected chi connectivity index (χ1v) is 6.56. The molecule has 0 aliphatic heterocycles. The minimum atomic E-state index is -0.337. The highest BCUT2D eigenvalue weighted by Crippen LogP contribution is 2.15. The molecule has 19 heavy (non-hydrogen) atoms. The predicted molar refractivity (Wildman–Crippen MR) is 79.0 cm³/mol. The molecule has 1 amide bonds. The third-order valence-electron chi connectivity index (χ3n) is 2.68. The highest BCUT2D eigenvalue weighted by atomic mass is 16.2. The minimum absolute atomic E-state index is 0.0701. The van der Waals surface area contributed by atoms with Gasteiger partial charge in [-0.25, -0.2) is 4.98 Å². The molecule has 0 aromatic carbocycles. The van der Waals surface area contributed by atoms with E-state index in [9.17, 15) is 4.79 Å². The van der Waals surface area contributed by atoms with Crippen molar-refractivity contribution in [2.45, 2.75) is 34.1 Å². The van der Waals surface area contributed by atoms with Gasteiger partial charge in [0.15, 0.2) is 0 Å². The Morgan fingerprint density at radius 1 is 1.32 bits per heavy atom. The van der Waals surface area contributed by atoms with Crippen LogP contribution < -0.4 is 16.4 Å². The van der Waals surface area contributed by atoms with E-state index in [-0.39, 0.29) is 11.3 Å². The molecule has 0 unspecified atom stereocenters. The van der Waals surface area contributed by atoms with Crippen molar-refractivity contribution in [2.24, 2.45) is 5.41 Å². The summed E-state index contributed by atoms with van der Waals surface area (Å²) in [6, 6.07) is 3.72. The van der Waals surface area contributed by atoms with Gasteiger partial charge in [-0.3, -0.25) is 4.79 Å². The Kier molecular flexibility index (Phi) is 5.15. The number of rotatable bonds is 5. The first-order chi connectivity index (χ1) is 8.80. The number of nitrogens with one attached hydrogen (secondary N) is 2. The first kappa shape index (κ1) is 15.3. The summed E-state index contributed by atoms with van der Waals surface area (Å²) in [5.41, 5.74) is 7.05. The van der Waals surface area contributed by atoms with Gasteiger partial charge in [0.05, 0.1) is 5.69 Å². The Morgan fingerprint density at radius 2 is 2.00 bits per heavy atom. The van der Waals surface area contributed by atoms with E-state index in [0.29, 0.717) is 18.1 Å². The van der Waals surface area contributed by atoms with Crippen molar-refractivity contribution >= 4 is 17.4 Å². The number of amides is 1. The smallest absolute Gasteiger partial charge is 0.225 e. The predicted octanol–water partition coefficient (Wildman–Crippen LogP) is 1.94. The van der Waals surface area contributed by atoms with Crippen LogP contribution in [0.3, 0.4) is 0 Å². The van der Waals surface area contributed by atoms with Crippen molar-refractivity contribution < 1.29 is 4.79 Å². The molecule has 0 bridgehead atoms. The molecule has 1 heterocycles. The second-order valence-corrected chi connectivity index (χ2v) is 5.68. The molecule has 0 saturated heterocycles. The van der Waals surface area contributed by atoms with Gasteiger partial charge in [-0.1, -0.05) is 20.8 Å². The van der Waals surface area contributed by atoms with Crippen LogP contribution in [0.25, 0.3) is 0 Å². The van der Waals surface area contributed by atoms with Crippen LogP contribution in [0.15, 0.2) is 12.1 Å². The number of carbonyl (C=O) groups is 1. The fourth-order valence-electron chi connectivity index (χ4n) is 1.47. The fourth-order valence-corrected chi connectivity index (χ4v) is 1.47. The van der Waals surface area contributed by atoms with E-state index >= 15 is 0 Å². The molecule has 0 atom stereocenters. The molecule has 1 aromatic heterocycles. The van der Waals surface area contributed by atoms with Gasteiger partial charge in [0.2, 0.25) is 5.91 Å². The topological polar surface area (TPSA) is 80.0 Å².